The zero-order chi connectivity index (χ0) is 22.3. The van der Waals surface area contributed by atoms with Crippen LogP contribution in [0, 0.1) is 5.41 Å². The fraction of sp³-hybridized carbons (Fsp3) is 0.778. The molecule has 30 heavy (non-hydrogen) atoms. The van der Waals surface area contributed by atoms with Crippen molar-refractivity contribution >= 4 is 21.8 Å². The molecule has 2 aliphatic rings. The SMILES string of the molecule is CNC(=O)[C@@H]1C[C@@H](O)CN1C(=O)[C@@H](n1cc(CNS(=O)(=O)C2CC2)nn1)C(C)(C)C. The normalized spacial score (nSPS) is 23.4. The Balaban J connectivity index is 1.80. The minimum atomic E-state index is -3.35. The highest BCUT2D eigenvalue weighted by atomic mass is 32.2. The van der Waals surface area contributed by atoms with Crippen LogP contribution in [0.5, 0.6) is 0 Å². The van der Waals surface area contributed by atoms with Crippen molar-refractivity contribution in [2.45, 2.75) is 70.0 Å². The fourth-order valence-corrected chi connectivity index (χ4v) is 5.04. The number of β-amino-alcohol motifs (C(OH)–C–C–N with tert-alkyl or cyclic N) is 1. The van der Waals surface area contributed by atoms with E-state index < -0.39 is 33.6 Å². The average molecular weight is 443 g/mol. The molecular weight excluding hydrogens is 412 g/mol. The van der Waals surface area contributed by atoms with E-state index >= 15 is 0 Å². The van der Waals surface area contributed by atoms with Crippen LogP contribution in [0.15, 0.2) is 6.20 Å². The van der Waals surface area contributed by atoms with Gasteiger partial charge in [-0.3, -0.25) is 9.59 Å². The van der Waals surface area contributed by atoms with E-state index in [0.717, 1.165) is 0 Å². The number of carbonyl (C=O) groups excluding carboxylic acids is 2. The molecule has 3 N–H and O–H groups in total. The van der Waals surface area contributed by atoms with Crippen LogP contribution in [0.25, 0.3) is 0 Å². The lowest BCUT2D eigenvalue weighted by Gasteiger charge is -2.34. The topological polar surface area (TPSA) is 147 Å². The van der Waals surface area contributed by atoms with Crippen molar-refractivity contribution in [3.63, 3.8) is 0 Å². The molecule has 168 valence electrons. The van der Waals surface area contributed by atoms with E-state index in [2.05, 4.69) is 20.4 Å². The minimum Gasteiger partial charge on any atom is -0.391 e. The molecule has 0 bridgehead atoms. The Kier molecular flexibility index (Phi) is 6.21. The van der Waals surface area contributed by atoms with E-state index in [0.29, 0.717) is 18.5 Å². The largest absolute Gasteiger partial charge is 0.391 e. The minimum absolute atomic E-state index is 0.00677. The van der Waals surface area contributed by atoms with Crippen LogP contribution in [0.3, 0.4) is 0 Å². The third kappa shape index (κ3) is 4.81. The zero-order valence-corrected chi connectivity index (χ0v) is 18.5. The molecule has 3 atom stereocenters. The molecule has 0 unspecified atom stereocenters. The number of nitrogens with zero attached hydrogens (tertiary/aromatic N) is 4. The third-order valence-corrected chi connectivity index (χ3v) is 7.30. The van der Waals surface area contributed by atoms with Gasteiger partial charge in [0.05, 0.1) is 29.8 Å². The highest BCUT2D eigenvalue weighted by Crippen LogP contribution is 2.34. The molecule has 1 saturated carbocycles. The Morgan fingerprint density at radius 2 is 2.00 bits per heavy atom. The van der Waals surface area contributed by atoms with Gasteiger partial charge in [-0.25, -0.2) is 17.8 Å². The highest BCUT2D eigenvalue weighted by molar-refractivity contribution is 7.90. The van der Waals surface area contributed by atoms with Crippen molar-refractivity contribution in [1.82, 2.24) is 29.9 Å². The van der Waals surface area contributed by atoms with Gasteiger partial charge in [0.2, 0.25) is 21.8 Å². The number of aliphatic hydroxyl groups excluding tert-OH is 1. The quantitative estimate of drug-likeness (QED) is 0.499. The molecule has 0 aromatic carbocycles. The van der Waals surface area contributed by atoms with Gasteiger partial charge in [0, 0.05) is 20.0 Å². The van der Waals surface area contributed by atoms with Gasteiger partial charge in [-0.2, -0.15) is 0 Å². The first kappa shape index (κ1) is 22.6. The van der Waals surface area contributed by atoms with Gasteiger partial charge in [0.1, 0.15) is 12.1 Å². The number of carbonyl (C=O) groups is 2. The summed E-state index contributed by atoms with van der Waals surface area (Å²) in [4.78, 5) is 27.0. The predicted molar refractivity (Wildman–Crippen MR) is 107 cm³/mol. The number of aliphatic hydroxyl groups is 1. The van der Waals surface area contributed by atoms with Crippen LogP contribution < -0.4 is 10.0 Å². The molecule has 1 aliphatic carbocycles. The second kappa shape index (κ2) is 8.23. The number of nitrogens with one attached hydrogen (secondary N) is 2. The first-order valence-electron chi connectivity index (χ1n) is 10.0. The number of likely N-dealkylation sites (N-methyl/N-ethyl adjacent to an activating group) is 1. The number of sulfonamides is 1. The van der Waals surface area contributed by atoms with Crippen LogP contribution in [-0.2, 0) is 26.2 Å². The van der Waals surface area contributed by atoms with Crippen LogP contribution in [0.2, 0.25) is 0 Å². The van der Waals surface area contributed by atoms with Gasteiger partial charge < -0.3 is 15.3 Å². The van der Waals surface area contributed by atoms with Gasteiger partial charge in [0.15, 0.2) is 0 Å². The van der Waals surface area contributed by atoms with Crippen molar-refractivity contribution in [2.75, 3.05) is 13.6 Å². The summed E-state index contributed by atoms with van der Waals surface area (Å²) in [6, 6.07) is -1.54. The number of hydrogen-bond donors (Lipinski definition) is 3. The molecule has 2 heterocycles. The van der Waals surface area contributed by atoms with Crippen LogP contribution in [0.1, 0.15) is 51.8 Å². The molecule has 0 radical (unpaired) electrons. The Hall–Kier alpha value is -2.05. The van der Waals surface area contributed by atoms with Gasteiger partial charge in [-0.1, -0.05) is 26.0 Å². The van der Waals surface area contributed by atoms with E-state index in [1.165, 1.54) is 16.6 Å². The van der Waals surface area contributed by atoms with E-state index in [9.17, 15) is 23.1 Å². The zero-order valence-electron chi connectivity index (χ0n) is 17.7. The lowest BCUT2D eigenvalue weighted by atomic mass is 9.85. The number of rotatable bonds is 7. The van der Waals surface area contributed by atoms with Crippen molar-refractivity contribution in [1.29, 1.82) is 0 Å². The summed E-state index contributed by atoms with van der Waals surface area (Å²) >= 11 is 0. The maximum Gasteiger partial charge on any atom is 0.248 e. The second-order valence-corrected chi connectivity index (χ2v) is 11.1. The van der Waals surface area contributed by atoms with Crippen LogP contribution in [-0.4, -0.2) is 76.2 Å². The van der Waals surface area contributed by atoms with E-state index in [1.807, 2.05) is 20.8 Å². The maximum atomic E-state index is 13.4. The van der Waals surface area contributed by atoms with Gasteiger partial charge in [-0.05, 0) is 18.3 Å². The average Bonchev–Trinajstić information content (AvgIpc) is 3.31. The molecule has 1 aliphatic heterocycles. The van der Waals surface area contributed by atoms with Crippen LogP contribution >= 0.6 is 0 Å². The molecular formula is C18H30N6O5S. The number of amides is 2. The standard InChI is InChI=1S/C18H30N6O5S/c1-18(2,3)15(17(27)23-10-12(25)7-14(23)16(26)19-4)24-9-11(21-22-24)8-20-30(28,29)13-5-6-13/h9,12-15,20,25H,5-8,10H2,1-4H3,(H,19,26)/t12-,14+,15-/m1/s1. The van der Waals surface area contributed by atoms with Crippen molar-refractivity contribution in [3.05, 3.63) is 11.9 Å². The summed E-state index contributed by atoms with van der Waals surface area (Å²) in [5, 5.41) is 20.3. The summed E-state index contributed by atoms with van der Waals surface area (Å²) in [6.45, 7) is 5.66. The molecule has 11 nitrogen and oxygen atoms in total. The monoisotopic (exact) mass is 442 g/mol. The van der Waals surface area contributed by atoms with Gasteiger partial charge >= 0.3 is 0 Å². The fourth-order valence-electron chi connectivity index (χ4n) is 3.70. The van der Waals surface area contributed by atoms with E-state index in [-0.39, 0.29) is 36.6 Å². The van der Waals surface area contributed by atoms with Gasteiger partial charge in [0.25, 0.3) is 0 Å². The summed E-state index contributed by atoms with van der Waals surface area (Å²) in [7, 11) is -1.86. The molecule has 1 saturated heterocycles. The molecule has 2 fully saturated rings. The molecule has 12 heteroatoms. The third-order valence-electron chi connectivity index (χ3n) is 5.41. The van der Waals surface area contributed by atoms with Gasteiger partial charge in [-0.15, -0.1) is 5.10 Å². The van der Waals surface area contributed by atoms with Crippen molar-refractivity contribution in [2.24, 2.45) is 5.41 Å². The smallest absolute Gasteiger partial charge is 0.248 e. The van der Waals surface area contributed by atoms with Crippen molar-refractivity contribution < 1.29 is 23.1 Å². The Bertz CT molecular complexity index is 904. The lowest BCUT2D eigenvalue weighted by molar-refractivity contribution is -0.144. The first-order chi connectivity index (χ1) is 13.9. The molecule has 0 spiro atoms. The second-order valence-electron chi connectivity index (χ2n) is 9.03. The predicted octanol–water partition coefficient (Wildman–Crippen LogP) is -0.845. The summed E-state index contributed by atoms with van der Waals surface area (Å²) in [5.41, 5.74) is -0.179. The molecule has 2 amide bonds. The number of hydrogen-bond acceptors (Lipinski definition) is 7. The number of likely N-dealkylation sites (tertiary alicyclic amines) is 1. The molecule has 1 aromatic heterocycles. The highest BCUT2D eigenvalue weighted by Gasteiger charge is 2.45. The Morgan fingerprint density at radius 3 is 2.57 bits per heavy atom. The summed E-state index contributed by atoms with van der Waals surface area (Å²) < 4.78 is 28.0. The first-order valence-corrected chi connectivity index (χ1v) is 11.6. The van der Waals surface area contributed by atoms with Crippen LogP contribution in [0.4, 0.5) is 0 Å². The molecule has 1 aromatic rings. The number of aromatic nitrogens is 3. The summed E-state index contributed by atoms with van der Waals surface area (Å²) in [5.74, 6) is -0.677. The Morgan fingerprint density at radius 1 is 1.33 bits per heavy atom. The summed E-state index contributed by atoms with van der Waals surface area (Å²) in [6.07, 6.45) is 2.27. The Labute approximate surface area is 176 Å². The van der Waals surface area contributed by atoms with E-state index in [1.54, 1.807) is 6.20 Å². The maximum absolute atomic E-state index is 13.4. The van der Waals surface area contributed by atoms with Crippen molar-refractivity contribution in [3.8, 4) is 0 Å². The molecule has 3 rings (SSSR count). The lowest BCUT2D eigenvalue weighted by Crippen LogP contribution is -2.49. The van der Waals surface area contributed by atoms with E-state index in [4.69, 9.17) is 0 Å².